The maximum atomic E-state index is 12.4. The number of amides is 1. The first-order valence-electron chi connectivity index (χ1n) is 11.6. The summed E-state index contributed by atoms with van der Waals surface area (Å²) in [6.45, 7) is 6.34. The van der Waals surface area contributed by atoms with Crippen LogP contribution >= 0.6 is 0 Å². The van der Waals surface area contributed by atoms with Crippen molar-refractivity contribution >= 4 is 22.6 Å². The Kier molecular flexibility index (Phi) is 5.84. The van der Waals surface area contributed by atoms with E-state index in [-0.39, 0.29) is 5.91 Å². The Labute approximate surface area is 194 Å². The molecule has 33 heavy (non-hydrogen) atoms. The number of hydrogen-bond acceptors (Lipinski definition) is 4. The highest BCUT2D eigenvalue weighted by atomic mass is 16.1. The smallest absolute Gasteiger partial charge is 0.253 e. The van der Waals surface area contributed by atoms with Crippen LogP contribution in [-0.2, 0) is 19.5 Å². The molecule has 5 rings (SSSR count). The minimum absolute atomic E-state index is 0.0296. The molecule has 2 heterocycles. The monoisotopic (exact) mass is 439 g/mol. The highest BCUT2D eigenvalue weighted by molar-refractivity contribution is 6.06. The molecule has 4 aromatic rings. The number of aromatic nitrogens is 2. The van der Waals surface area contributed by atoms with Crippen molar-refractivity contribution in [3.8, 4) is 11.4 Å². The molecule has 6 nitrogen and oxygen atoms in total. The van der Waals surface area contributed by atoms with Gasteiger partial charge in [0.25, 0.3) is 5.91 Å². The van der Waals surface area contributed by atoms with E-state index in [2.05, 4.69) is 52.0 Å². The van der Waals surface area contributed by atoms with Gasteiger partial charge in [-0.3, -0.25) is 9.69 Å². The van der Waals surface area contributed by atoms with E-state index in [4.69, 9.17) is 10.7 Å². The lowest BCUT2D eigenvalue weighted by molar-refractivity contribution is 0.0956. The topological polar surface area (TPSA) is 76.2 Å². The molecule has 1 aliphatic heterocycles. The van der Waals surface area contributed by atoms with Gasteiger partial charge in [-0.15, -0.1) is 0 Å². The zero-order chi connectivity index (χ0) is 22.8. The average molecular weight is 440 g/mol. The fourth-order valence-corrected chi connectivity index (χ4v) is 4.59. The highest BCUT2D eigenvalue weighted by Crippen LogP contribution is 2.28. The lowest BCUT2D eigenvalue weighted by Crippen LogP contribution is -2.25. The molecule has 0 aliphatic carbocycles. The second-order valence-electron chi connectivity index (χ2n) is 8.53. The molecular formula is C27H29N5O. The van der Waals surface area contributed by atoms with Gasteiger partial charge in [0, 0.05) is 37.4 Å². The standard InChI is InChI=1S/C27H29N5O/c1-2-31(16-14-20-6-3-4-8-23(20)28)18-19-10-12-21(13-11-19)26-30-24-9-5-7-22-25(24)32(26)17-15-29-27(22)33/h3-13H,2,14-18,28H2,1H3,(H,29,33). The number of likely N-dealkylation sites (N-methyl/N-ethyl adjacent to an activating group) is 1. The molecule has 1 amide bonds. The van der Waals surface area contributed by atoms with E-state index in [9.17, 15) is 4.79 Å². The Balaban J connectivity index is 1.35. The number of nitrogens with one attached hydrogen (secondary N) is 1. The second kappa shape index (κ2) is 9.08. The van der Waals surface area contributed by atoms with Crippen LogP contribution in [0.2, 0.25) is 0 Å². The molecule has 168 valence electrons. The van der Waals surface area contributed by atoms with Crippen LogP contribution in [0.15, 0.2) is 66.7 Å². The van der Waals surface area contributed by atoms with E-state index >= 15 is 0 Å². The molecule has 3 aromatic carbocycles. The van der Waals surface area contributed by atoms with Crippen LogP contribution in [-0.4, -0.2) is 40.0 Å². The number of nitrogen functional groups attached to an aromatic ring is 1. The van der Waals surface area contributed by atoms with Crippen LogP contribution in [0.4, 0.5) is 5.69 Å². The molecule has 0 unspecified atom stereocenters. The Morgan fingerprint density at radius 3 is 2.67 bits per heavy atom. The Morgan fingerprint density at radius 2 is 1.88 bits per heavy atom. The number of carbonyl (C=O) groups is 1. The van der Waals surface area contributed by atoms with Crippen molar-refractivity contribution in [2.24, 2.45) is 0 Å². The van der Waals surface area contributed by atoms with Crippen molar-refractivity contribution in [3.63, 3.8) is 0 Å². The predicted octanol–water partition coefficient (Wildman–Crippen LogP) is 4.09. The predicted molar refractivity (Wildman–Crippen MR) is 133 cm³/mol. The maximum Gasteiger partial charge on any atom is 0.253 e. The van der Waals surface area contributed by atoms with Crippen molar-refractivity contribution < 1.29 is 4.79 Å². The molecule has 1 aromatic heterocycles. The van der Waals surface area contributed by atoms with Gasteiger partial charge < -0.3 is 15.6 Å². The quantitative estimate of drug-likeness (QED) is 0.425. The summed E-state index contributed by atoms with van der Waals surface area (Å²) in [5, 5.41) is 2.98. The third-order valence-electron chi connectivity index (χ3n) is 6.45. The summed E-state index contributed by atoms with van der Waals surface area (Å²) in [6, 6.07) is 22.5. The fraction of sp³-hybridized carbons (Fsp3) is 0.259. The third-order valence-corrected chi connectivity index (χ3v) is 6.45. The summed E-state index contributed by atoms with van der Waals surface area (Å²) in [5.74, 6) is 0.880. The van der Waals surface area contributed by atoms with Crippen molar-refractivity contribution in [2.45, 2.75) is 26.4 Å². The van der Waals surface area contributed by atoms with Crippen LogP contribution in [0.5, 0.6) is 0 Å². The third kappa shape index (κ3) is 4.22. The largest absolute Gasteiger partial charge is 0.399 e. The summed E-state index contributed by atoms with van der Waals surface area (Å²) in [6.07, 6.45) is 0.942. The zero-order valence-corrected chi connectivity index (χ0v) is 18.9. The molecule has 3 N–H and O–H groups in total. The van der Waals surface area contributed by atoms with E-state index in [0.29, 0.717) is 18.7 Å². The summed E-state index contributed by atoms with van der Waals surface area (Å²) in [7, 11) is 0. The van der Waals surface area contributed by atoms with Crippen molar-refractivity contribution in [1.82, 2.24) is 19.8 Å². The lowest BCUT2D eigenvalue weighted by atomic mass is 10.1. The molecule has 1 aliphatic rings. The van der Waals surface area contributed by atoms with Crippen molar-refractivity contribution in [2.75, 3.05) is 25.4 Å². The van der Waals surface area contributed by atoms with Gasteiger partial charge in [0.15, 0.2) is 0 Å². The van der Waals surface area contributed by atoms with Gasteiger partial charge in [0.2, 0.25) is 0 Å². The number of anilines is 1. The number of benzene rings is 3. The Hall–Kier alpha value is -3.64. The van der Waals surface area contributed by atoms with Crippen molar-refractivity contribution in [1.29, 1.82) is 0 Å². The molecule has 0 atom stereocenters. The average Bonchev–Trinajstić information content (AvgIpc) is 3.12. The fourth-order valence-electron chi connectivity index (χ4n) is 4.59. The van der Waals surface area contributed by atoms with Gasteiger partial charge in [0.05, 0.1) is 16.6 Å². The number of hydrogen-bond donors (Lipinski definition) is 2. The molecule has 0 spiro atoms. The molecule has 6 heteroatoms. The number of nitrogens with zero attached hydrogens (tertiary/aromatic N) is 3. The van der Waals surface area contributed by atoms with E-state index in [0.717, 1.165) is 54.2 Å². The molecule has 0 saturated heterocycles. The van der Waals surface area contributed by atoms with E-state index in [1.54, 1.807) is 0 Å². The van der Waals surface area contributed by atoms with E-state index in [1.807, 2.05) is 36.4 Å². The zero-order valence-electron chi connectivity index (χ0n) is 18.9. The van der Waals surface area contributed by atoms with Crippen LogP contribution in [0.3, 0.4) is 0 Å². The van der Waals surface area contributed by atoms with Gasteiger partial charge in [-0.25, -0.2) is 4.98 Å². The summed E-state index contributed by atoms with van der Waals surface area (Å²) in [4.78, 5) is 19.7. The summed E-state index contributed by atoms with van der Waals surface area (Å²) < 4.78 is 2.17. The van der Waals surface area contributed by atoms with Gasteiger partial charge in [-0.1, -0.05) is 55.5 Å². The second-order valence-corrected chi connectivity index (χ2v) is 8.53. The molecule has 0 bridgehead atoms. The van der Waals surface area contributed by atoms with Crippen LogP contribution in [0, 0.1) is 0 Å². The number of rotatable bonds is 7. The highest BCUT2D eigenvalue weighted by Gasteiger charge is 2.21. The molecule has 0 radical (unpaired) electrons. The van der Waals surface area contributed by atoms with Crippen LogP contribution in [0.1, 0.15) is 28.4 Å². The SMILES string of the molecule is CCN(CCc1ccccc1N)Cc1ccc(-c2nc3cccc4c3n2CCNC4=O)cc1. The Bertz CT molecular complexity index is 1290. The summed E-state index contributed by atoms with van der Waals surface area (Å²) in [5.41, 5.74) is 13.0. The van der Waals surface area contributed by atoms with Gasteiger partial charge >= 0.3 is 0 Å². The van der Waals surface area contributed by atoms with Gasteiger partial charge in [0.1, 0.15) is 5.82 Å². The number of nitrogens with two attached hydrogens (primary N) is 1. The number of imidazole rings is 1. The minimum Gasteiger partial charge on any atom is -0.399 e. The van der Waals surface area contributed by atoms with Crippen LogP contribution < -0.4 is 11.1 Å². The van der Waals surface area contributed by atoms with Crippen LogP contribution in [0.25, 0.3) is 22.4 Å². The normalized spacial score (nSPS) is 13.3. The number of para-hydroxylation sites is 2. The van der Waals surface area contributed by atoms with Gasteiger partial charge in [-0.2, -0.15) is 0 Å². The molecule has 0 saturated carbocycles. The number of carbonyl (C=O) groups excluding carboxylic acids is 1. The Morgan fingerprint density at radius 1 is 1.06 bits per heavy atom. The molecular weight excluding hydrogens is 410 g/mol. The maximum absolute atomic E-state index is 12.4. The first kappa shape index (κ1) is 21.2. The molecule has 0 fully saturated rings. The van der Waals surface area contributed by atoms with Gasteiger partial charge in [-0.05, 0) is 42.3 Å². The van der Waals surface area contributed by atoms with Crippen molar-refractivity contribution in [3.05, 3.63) is 83.4 Å². The summed E-state index contributed by atoms with van der Waals surface area (Å²) >= 11 is 0. The minimum atomic E-state index is -0.0296. The lowest BCUT2D eigenvalue weighted by Gasteiger charge is -2.21. The van der Waals surface area contributed by atoms with E-state index < -0.39 is 0 Å². The first-order valence-corrected chi connectivity index (χ1v) is 11.6. The van der Waals surface area contributed by atoms with E-state index in [1.165, 1.54) is 11.1 Å². The first-order chi connectivity index (χ1) is 16.1.